The minimum atomic E-state index is -0.346. The van der Waals surface area contributed by atoms with Crippen LogP contribution in [0.25, 0.3) is 16.7 Å². The standard InChI is InChI=1S/C24H24FN5O3S/c1-14(29(3)4)23-27-28-24(30(23)17-11-9-16(25)10-12-17)34-13-20(32)26-21-18-7-5-6-8-19(18)33-22(21)15(2)31/h5-12,14H,13H2,1-4H3,(H,26,32)/t14-/m0/s1. The lowest BCUT2D eigenvalue weighted by Gasteiger charge is -2.20. The van der Waals surface area contributed by atoms with Crippen LogP contribution in [0.15, 0.2) is 58.1 Å². The predicted molar refractivity (Wildman–Crippen MR) is 129 cm³/mol. The second-order valence-electron chi connectivity index (χ2n) is 7.99. The minimum absolute atomic E-state index is 0.0204. The number of fused-ring (bicyclic) bond motifs is 1. The number of rotatable bonds is 8. The molecule has 34 heavy (non-hydrogen) atoms. The number of furan rings is 1. The molecule has 0 bridgehead atoms. The van der Waals surface area contributed by atoms with Crippen molar-refractivity contribution in [1.29, 1.82) is 0 Å². The van der Waals surface area contributed by atoms with E-state index >= 15 is 0 Å². The van der Waals surface area contributed by atoms with Gasteiger partial charge in [-0.05, 0) is 57.4 Å². The van der Waals surface area contributed by atoms with Crippen molar-refractivity contribution in [3.63, 3.8) is 0 Å². The molecule has 1 amide bonds. The van der Waals surface area contributed by atoms with Gasteiger partial charge in [0, 0.05) is 18.0 Å². The van der Waals surface area contributed by atoms with Gasteiger partial charge in [-0.2, -0.15) is 0 Å². The van der Waals surface area contributed by atoms with E-state index in [1.54, 1.807) is 30.3 Å². The molecule has 0 aliphatic carbocycles. The molecule has 2 aromatic carbocycles. The highest BCUT2D eigenvalue weighted by molar-refractivity contribution is 7.99. The van der Waals surface area contributed by atoms with E-state index < -0.39 is 0 Å². The van der Waals surface area contributed by atoms with Gasteiger partial charge < -0.3 is 9.73 Å². The first-order chi connectivity index (χ1) is 16.3. The smallest absolute Gasteiger partial charge is 0.234 e. The van der Waals surface area contributed by atoms with Crippen LogP contribution in [0.4, 0.5) is 10.1 Å². The second kappa shape index (κ2) is 9.78. The fourth-order valence-electron chi connectivity index (χ4n) is 3.43. The molecule has 176 valence electrons. The van der Waals surface area contributed by atoms with Crippen molar-refractivity contribution in [3.8, 4) is 5.69 Å². The van der Waals surface area contributed by atoms with E-state index in [9.17, 15) is 14.0 Å². The number of aromatic nitrogens is 3. The predicted octanol–water partition coefficient (Wildman–Crippen LogP) is 4.71. The number of Topliss-reactive ketones (excluding diaryl/α,β-unsaturated/α-hetero) is 1. The minimum Gasteiger partial charge on any atom is -0.451 e. The molecule has 0 spiro atoms. The molecule has 0 aliphatic rings. The lowest BCUT2D eigenvalue weighted by molar-refractivity contribution is -0.113. The van der Waals surface area contributed by atoms with Crippen LogP contribution in [0.1, 0.15) is 36.3 Å². The molecule has 1 N–H and O–H groups in total. The van der Waals surface area contributed by atoms with Gasteiger partial charge in [0.05, 0.1) is 17.5 Å². The molecular formula is C24H24FN5O3S. The Morgan fingerprint density at radius 2 is 1.85 bits per heavy atom. The molecule has 0 saturated carbocycles. The largest absolute Gasteiger partial charge is 0.451 e. The van der Waals surface area contributed by atoms with Crippen LogP contribution < -0.4 is 5.32 Å². The summed E-state index contributed by atoms with van der Waals surface area (Å²) in [7, 11) is 3.85. The van der Waals surface area contributed by atoms with Gasteiger partial charge >= 0.3 is 0 Å². The summed E-state index contributed by atoms with van der Waals surface area (Å²) in [6.45, 7) is 3.37. The highest BCUT2D eigenvalue weighted by Gasteiger charge is 2.23. The van der Waals surface area contributed by atoms with Gasteiger partial charge in [0.25, 0.3) is 0 Å². The number of hydrogen-bond donors (Lipinski definition) is 1. The number of para-hydroxylation sites is 1. The Labute approximate surface area is 200 Å². The number of nitrogens with zero attached hydrogens (tertiary/aromatic N) is 4. The van der Waals surface area contributed by atoms with Crippen LogP contribution in [-0.4, -0.2) is 51.2 Å². The Morgan fingerprint density at radius 1 is 1.15 bits per heavy atom. The summed E-state index contributed by atoms with van der Waals surface area (Å²) in [4.78, 5) is 26.9. The van der Waals surface area contributed by atoms with Crippen molar-refractivity contribution < 1.29 is 18.4 Å². The Bertz CT molecular complexity index is 1350. The monoisotopic (exact) mass is 481 g/mol. The molecule has 0 fully saturated rings. The summed E-state index contributed by atoms with van der Waals surface area (Å²) < 4.78 is 21.0. The number of hydrogen-bond acceptors (Lipinski definition) is 7. The first kappa shape index (κ1) is 23.7. The summed E-state index contributed by atoms with van der Waals surface area (Å²) in [6.07, 6.45) is 0. The highest BCUT2D eigenvalue weighted by atomic mass is 32.2. The van der Waals surface area contributed by atoms with E-state index in [0.717, 1.165) is 0 Å². The summed E-state index contributed by atoms with van der Waals surface area (Å²) in [5, 5.41) is 12.6. The third-order valence-electron chi connectivity index (χ3n) is 5.40. The summed E-state index contributed by atoms with van der Waals surface area (Å²) in [6, 6.07) is 13.1. The molecule has 1 atom stereocenters. The number of benzene rings is 2. The molecule has 10 heteroatoms. The Morgan fingerprint density at radius 3 is 2.53 bits per heavy atom. The van der Waals surface area contributed by atoms with Gasteiger partial charge in [0.1, 0.15) is 11.4 Å². The normalized spacial score (nSPS) is 12.3. The van der Waals surface area contributed by atoms with Crippen LogP contribution >= 0.6 is 11.8 Å². The SMILES string of the molecule is CC(=O)c1oc2ccccc2c1NC(=O)CSc1nnc([C@H](C)N(C)C)n1-c1ccc(F)cc1. The fraction of sp³-hybridized carbons (Fsp3) is 0.250. The topological polar surface area (TPSA) is 93.3 Å². The summed E-state index contributed by atoms with van der Waals surface area (Å²) in [5.41, 5.74) is 1.57. The van der Waals surface area contributed by atoms with Gasteiger partial charge in [0.15, 0.2) is 22.5 Å². The number of halogens is 1. The van der Waals surface area contributed by atoms with E-state index in [-0.39, 0.29) is 35.1 Å². The van der Waals surface area contributed by atoms with E-state index in [0.29, 0.717) is 33.3 Å². The van der Waals surface area contributed by atoms with Crippen molar-refractivity contribution in [2.45, 2.75) is 25.0 Å². The number of carbonyl (C=O) groups excluding carboxylic acids is 2. The quantitative estimate of drug-likeness (QED) is 0.288. The second-order valence-corrected chi connectivity index (χ2v) is 8.93. The maximum atomic E-state index is 13.5. The fourth-order valence-corrected chi connectivity index (χ4v) is 4.19. The average molecular weight is 482 g/mol. The van der Waals surface area contributed by atoms with E-state index in [2.05, 4.69) is 15.5 Å². The van der Waals surface area contributed by atoms with Crippen LogP contribution in [0.2, 0.25) is 0 Å². The lowest BCUT2D eigenvalue weighted by Crippen LogP contribution is -2.21. The van der Waals surface area contributed by atoms with Gasteiger partial charge in [-0.1, -0.05) is 23.9 Å². The molecule has 0 aliphatic heterocycles. The molecule has 0 unspecified atom stereocenters. The van der Waals surface area contributed by atoms with E-state index in [1.165, 1.54) is 30.8 Å². The zero-order valence-corrected chi connectivity index (χ0v) is 20.0. The van der Waals surface area contributed by atoms with Crippen molar-refractivity contribution >= 4 is 40.1 Å². The van der Waals surface area contributed by atoms with Crippen LogP contribution in [-0.2, 0) is 4.79 Å². The number of ketones is 1. The van der Waals surface area contributed by atoms with Gasteiger partial charge in [-0.25, -0.2) is 4.39 Å². The van der Waals surface area contributed by atoms with E-state index in [1.807, 2.05) is 36.6 Å². The Balaban J connectivity index is 1.59. The molecule has 8 nitrogen and oxygen atoms in total. The number of carbonyl (C=O) groups is 2. The third-order valence-corrected chi connectivity index (χ3v) is 6.33. The van der Waals surface area contributed by atoms with Gasteiger partial charge in [0.2, 0.25) is 5.91 Å². The number of anilines is 1. The van der Waals surface area contributed by atoms with E-state index in [4.69, 9.17) is 4.42 Å². The highest BCUT2D eigenvalue weighted by Crippen LogP contribution is 2.32. The van der Waals surface area contributed by atoms with Crippen molar-refractivity contribution in [2.24, 2.45) is 0 Å². The molecule has 4 rings (SSSR count). The Kier molecular flexibility index (Phi) is 6.80. The van der Waals surface area contributed by atoms with Crippen LogP contribution in [0.3, 0.4) is 0 Å². The van der Waals surface area contributed by atoms with Crippen molar-refractivity contribution in [2.75, 3.05) is 25.2 Å². The molecule has 0 radical (unpaired) electrons. The van der Waals surface area contributed by atoms with Crippen molar-refractivity contribution in [3.05, 3.63) is 65.9 Å². The number of nitrogens with one attached hydrogen (secondary N) is 1. The summed E-state index contributed by atoms with van der Waals surface area (Å²) in [5.74, 6) is -0.156. The van der Waals surface area contributed by atoms with Crippen molar-refractivity contribution in [1.82, 2.24) is 19.7 Å². The van der Waals surface area contributed by atoms with Gasteiger partial charge in [-0.15, -0.1) is 10.2 Å². The zero-order chi connectivity index (χ0) is 24.4. The molecule has 2 heterocycles. The maximum Gasteiger partial charge on any atom is 0.234 e. The first-order valence-corrected chi connectivity index (χ1v) is 11.6. The summed E-state index contributed by atoms with van der Waals surface area (Å²) >= 11 is 1.20. The lowest BCUT2D eigenvalue weighted by atomic mass is 10.2. The Hall–Kier alpha value is -3.50. The molecular weight excluding hydrogens is 457 g/mol. The molecule has 4 aromatic rings. The van der Waals surface area contributed by atoms with Crippen LogP contribution in [0, 0.1) is 5.82 Å². The third kappa shape index (κ3) is 4.73. The first-order valence-electron chi connectivity index (χ1n) is 10.6. The van der Waals surface area contributed by atoms with Crippen LogP contribution in [0.5, 0.6) is 0 Å². The van der Waals surface area contributed by atoms with Gasteiger partial charge in [-0.3, -0.25) is 19.1 Å². The number of amides is 1. The molecule has 0 saturated heterocycles. The zero-order valence-electron chi connectivity index (χ0n) is 19.2. The molecule has 2 aromatic heterocycles. The number of thioether (sulfide) groups is 1. The maximum absolute atomic E-state index is 13.5. The average Bonchev–Trinajstić information content (AvgIpc) is 3.39.